The Morgan fingerprint density at radius 2 is 1.79 bits per heavy atom. The maximum absolute atomic E-state index is 12.7. The molecular formula is C20H31ClN2O. The lowest BCUT2D eigenvalue weighted by Crippen LogP contribution is -2.50. The van der Waals surface area contributed by atoms with Gasteiger partial charge in [-0.2, -0.15) is 0 Å². The second kappa shape index (κ2) is 8.35. The van der Waals surface area contributed by atoms with Gasteiger partial charge in [0.05, 0.1) is 0 Å². The summed E-state index contributed by atoms with van der Waals surface area (Å²) < 4.78 is 0. The average Bonchev–Trinajstić information content (AvgIpc) is 2.87. The third-order valence-corrected chi connectivity index (χ3v) is 5.53. The molecule has 3 nitrogen and oxygen atoms in total. The zero-order chi connectivity index (χ0) is 16.3. The number of halogens is 1. The Balaban J connectivity index is 0.00000208. The van der Waals surface area contributed by atoms with E-state index in [2.05, 4.69) is 48.7 Å². The Labute approximate surface area is 152 Å². The van der Waals surface area contributed by atoms with Gasteiger partial charge in [-0.1, -0.05) is 44.2 Å². The Morgan fingerprint density at radius 1 is 1.17 bits per heavy atom. The minimum atomic E-state index is -0.279. The Hall–Kier alpha value is -1.06. The summed E-state index contributed by atoms with van der Waals surface area (Å²) in [5.74, 6) is 0.233. The van der Waals surface area contributed by atoms with Gasteiger partial charge in [0.15, 0.2) is 0 Å². The van der Waals surface area contributed by atoms with Crippen LogP contribution < -0.4 is 10.6 Å². The van der Waals surface area contributed by atoms with Crippen molar-refractivity contribution in [3.63, 3.8) is 0 Å². The van der Waals surface area contributed by atoms with E-state index in [9.17, 15) is 4.79 Å². The SMILES string of the molecule is CC(C)(CCCc1ccccc1)C(=O)NC1CC2CCC(C1)N2.Cl. The lowest BCUT2D eigenvalue weighted by Gasteiger charge is -2.33. The van der Waals surface area contributed by atoms with E-state index in [1.54, 1.807) is 0 Å². The first kappa shape index (κ1) is 19.3. The van der Waals surface area contributed by atoms with E-state index in [0.29, 0.717) is 18.1 Å². The van der Waals surface area contributed by atoms with E-state index in [1.807, 2.05) is 6.07 Å². The molecule has 1 aromatic rings. The first-order valence-electron chi connectivity index (χ1n) is 9.14. The maximum atomic E-state index is 12.7. The van der Waals surface area contributed by atoms with E-state index >= 15 is 0 Å². The van der Waals surface area contributed by atoms with E-state index in [-0.39, 0.29) is 23.7 Å². The quantitative estimate of drug-likeness (QED) is 0.818. The van der Waals surface area contributed by atoms with Crippen LogP contribution in [0, 0.1) is 5.41 Å². The number of nitrogens with one attached hydrogen (secondary N) is 2. The van der Waals surface area contributed by atoms with Crippen LogP contribution in [0.5, 0.6) is 0 Å². The van der Waals surface area contributed by atoms with Gasteiger partial charge in [-0.25, -0.2) is 0 Å². The van der Waals surface area contributed by atoms with Crippen molar-refractivity contribution in [3.05, 3.63) is 35.9 Å². The van der Waals surface area contributed by atoms with E-state index in [0.717, 1.165) is 32.1 Å². The number of hydrogen-bond acceptors (Lipinski definition) is 2. The number of rotatable bonds is 6. The summed E-state index contributed by atoms with van der Waals surface area (Å²) in [5, 5.41) is 6.96. The molecule has 3 rings (SSSR count). The minimum absolute atomic E-state index is 0. The number of carbonyl (C=O) groups is 1. The van der Waals surface area contributed by atoms with Crippen molar-refractivity contribution in [1.29, 1.82) is 0 Å². The van der Waals surface area contributed by atoms with Crippen LogP contribution in [0.3, 0.4) is 0 Å². The third kappa shape index (κ3) is 4.97. The zero-order valence-corrected chi connectivity index (χ0v) is 15.7. The highest BCUT2D eigenvalue weighted by molar-refractivity contribution is 5.85. The molecule has 2 saturated heterocycles. The fourth-order valence-electron chi connectivity index (χ4n) is 4.05. The number of fused-ring (bicyclic) bond motifs is 2. The lowest BCUT2D eigenvalue weighted by atomic mass is 9.84. The summed E-state index contributed by atoms with van der Waals surface area (Å²) in [7, 11) is 0. The van der Waals surface area contributed by atoms with Crippen LogP contribution in [0.25, 0.3) is 0 Å². The molecule has 134 valence electrons. The zero-order valence-electron chi connectivity index (χ0n) is 14.9. The minimum Gasteiger partial charge on any atom is -0.353 e. The highest BCUT2D eigenvalue weighted by Crippen LogP contribution is 2.29. The maximum Gasteiger partial charge on any atom is 0.225 e. The molecule has 1 amide bonds. The molecule has 2 aliphatic rings. The number of piperidine rings is 1. The van der Waals surface area contributed by atoms with Gasteiger partial charge in [0.2, 0.25) is 5.91 Å². The molecule has 0 spiro atoms. The first-order chi connectivity index (χ1) is 11.0. The largest absolute Gasteiger partial charge is 0.353 e. The number of hydrogen-bond donors (Lipinski definition) is 2. The normalized spacial score (nSPS) is 25.8. The Kier molecular flexibility index (Phi) is 6.70. The van der Waals surface area contributed by atoms with Gasteiger partial charge in [0.1, 0.15) is 0 Å². The van der Waals surface area contributed by atoms with Gasteiger partial charge in [-0.15, -0.1) is 12.4 Å². The summed E-state index contributed by atoms with van der Waals surface area (Å²) in [6.07, 6.45) is 7.79. The van der Waals surface area contributed by atoms with Crippen LogP contribution in [0.4, 0.5) is 0 Å². The summed E-state index contributed by atoms with van der Waals surface area (Å²) in [5.41, 5.74) is 1.08. The molecular weight excluding hydrogens is 320 g/mol. The average molecular weight is 351 g/mol. The third-order valence-electron chi connectivity index (χ3n) is 5.53. The molecule has 2 bridgehead atoms. The Bertz CT molecular complexity index is 520. The van der Waals surface area contributed by atoms with Crippen molar-refractivity contribution in [2.45, 2.75) is 76.9 Å². The fourth-order valence-corrected chi connectivity index (χ4v) is 4.05. The second-order valence-electron chi connectivity index (χ2n) is 8.00. The number of amides is 1. The molecule has 24 heavy (non-hydrogen) atoms. The summed E-state index contributed by atoms with van der Waals surface area (Å²) >= 11 is 0. The highest BCUT2D eigenvalue weighted by Gasteiger charge is 2.36. The summed E-state index contributed by atoms with van der Waals surface area (Å²) in [4.78, 5) is 12.7. The standard InChI is InChI=1S/C20H30N2O.ClH/c1-20(2,12-6-9-15-7-4-3-5-8-15)19(23)22-18-13-16-10-11-17(14-18)21-16;/h3-5,7-8,16-18,21H,6,9-14H2,1-2H3,(H,22,23);1H. The topological polar surface area (TPSA) is 41.1 Å². The molecule has 0 aliphatic carbocycles. The molecule has 2 unspecified atom stereocenters. The van der Waals surface area contributed by atoms with Gasteiger partial charge in [0, 0.05) is 23.5 Å². The molecule has 0 saturated carbocycles. The second-order valence-corrected chi connectivity index (χ2v) is 8.00. The van der Waals surface area contributed by atoms with Crippen molar-refractivity contribution in [3.8, 4) is 0 Å². The molecule has 1 aromatic carbocycles. The van der Waals surface area contributed by atoms with Crippen LogP contribution in [0.1, 0.15) is 57.9 Å². The molecule has 2 heterocycles. The highest BCUT2D eigenvalue weighted by atomic mass is 35.5. The molecule has 2 aliphatic heterocycles. The van der Waals surface area contributed by atoms with Crippen molar-refractivity contribution in [2.75, 3.05) is 0 Å². The molecule has 2 atom stereocenters. The van der Waals surface area contributed by atoms with Gasteiger partial charge in [-0.3, -0.25) is 4.79 Å². The van der Waals surface area contributed by atoms with Crippen LogP contribution in [-0.2, 0) is 11.2 Å². The van der Waals surface area contributed by atoms with Crippen molar-refractivity contribution >= 4 is 18.3 Å². The van der Waals surface area contributed by atoms with Crippen LogP contribution in [0.2, 0.25) is 0 Å². The lowest BCUT2D eigenvalue weighted by molar-refractivity contribution is -0.130. The van der Waals surface area contributed by atoms with E-state index in [1.165, 1.54) is 18.4 Å². The van der Waals surface area contributed by atoms with Gasteiger partial charge in [-0.05, 0) is 50.5 Å². The van der Waals surface area contributed by atoms with Gasteiger partial charge in [0.25, 0.3) is 0 Å². The first-order valence-corrected chi connectivity index (χ1v) is 9.14. The predicted molar refractivity (Wildman–Crippen MR) is 102 cm³/mol. The van der Waals surface area contributed by atoms with Crippen molar-refractivity contribution < 1.29 is 4.79 Å². The monoisotopic (exact) mass is 350 g/mol. The van der Waals surface area contributed by atoms with E-state index < -0.39 is 0 Å². The number of aryl methyl sites for hydroxylation is 1. The summed E-state index contributed by atoms with van der Waals surface area (Å²) in [6, 6.07) is 12.2. The molecule has 4 heteroatoms. The smallest absolute Gasteiger partial charge is 0.225 e. The van der Waals surface area contributed by atoms with Crippen LogP contribution in [0.15, 0.2) is 30.3 Å². The van der Waals surface area contributed by atoms with Crippen molar-refractivity contribution in [2.24, 2.45) is 5.41 Å². The van der Waals surface area contributed by atoms with Gasteiger partial charge >= 0.3 is 0 Å². The van der Waals surface area contributed by atoms with E-state index in [4.69, 9.17) is 0 Å². The molecule has 2 fully saturated rings. The van der Waals surface area contributed by atoms with Gasteiger partial charge < -0.3 is 10.6 Å². The number of carbonyl (C=O) groups excluding carboxylic acids is 1. The summed E-state index contributed by atoms with van der Waals surface area (Å²) in [6.45, 7) is 4.17. The van der Waals surface area contributed by atoms with Crippen LogP contribution >= 0.6 is 12.4 Å². The fraction of sp³-hybridized carbons (Fsp3) is 0.650. The predicted octanol–water partition coefficient (Wildman–Crippen LogP) is 3.86. The number of benzene rings is 1. The Morgan fingerprint density at radius 3 is 2.42 bits per heavy atom. The molecule has 0 radical (unpaired) electrons. The van der Waals surface area contributed by atoms with Crippen molar-refractivity contribution in [1.82, 2.24) is 10.6 Å². The molecule has 0 aromatic heterocycles. The van der Waals surface area contributed by atoms with Crippen LogP contribution in [-0.4, -0.2) is 24.0 Å². The molecule has 2 N–H and O–H groups in total.